The number of hydrogen-bond donors (Lipinski definition) is 2. The maximum Gasteiger partial charge on any atom is 0.234 e. The number of rotatable bonds is 6. The molecule has 0 aromatic carbocycles. The molecule has 0 aromatic rings. The first kappa shape index (κ1) is 19.7. The lowest BCUT2D eigenvalue weighted by atomic mass is 10.1. The summed E-state index contributed by atoms with van der Waals surface area (Å²) in [5.74, 6) is 1.06. The number of piperazine rings is 1. The highest BCUT2D eigenvalue weighted by atomic mass is 16.5. The molecule has 1 saturated heterocycles. The number of carbonyl (C=O) groups excluding carboxylic acids is 1. The number of nitrogens with one attached hydrogen (secondary N) is 2. The molecule has 7 heteroatoms. The SMILES string of the molecule is CN=C(NCCC1=CCOCC1)N1CCN(CC(=O)NC(C)C)CC1. The number of carbonyl (C=O) groups is 1. The van der Waals surface area contributed by atoms with Crippen LogP contribution in [-0.2, 0) is 9.53 Å². The first-order valence-electron chi connectivity index (χ1n) is 9.31. The van der Waals surface area contributed by atoms with Crippen LogP contribution < -0.4 is 10.6 Å². The fraction of sp³-hybridized carbons (Fsp3) is 0.778. The molecule has 0 atom stereocenters. The van der Waals surface area contributed by atoms with Crippen molar-refractivity contribution >= 4 is 11.9 Å². The van der Waals surface area contributed by atoms with E-state index in [9.17, 15) is 4.79 Å². The zero-order valence-electron chi connectivity index (χ0n) is 15.9. The summed E-state index contributed by atoms with van der Waals surface area (Å²) in [6.45, 7) is 10.5. The predicted molar refractivity (Wildman–Crippen MR) is 101 cm³/mol. The van der Waals surface area contributed by atoms with Gasteiger partial charge in [-0.1, -0.05) is 11.6 Å². The molecule has 0 saturated carbocycles. The Kier molecular flexibility index (Phi) is 8.21. The van der Waals surface area contributed by atoms with Crippen LogP contribution in [0.1, 0.15) is 26.7 Å². The summed E-state index contributed by atoms with van der Waals surface area (Å²) in [5.41, 5.74) is 1.47. The first-order chi connectivity index (χ1) is 12.1. The zero-order chi connectivity index (χ0) is 18.1. The molecule has 2 heterocycles. The van der Waals surface area contributed by atoms with E-state index in [2.05, 4.69) is 31.5 Å². The van der Waals surface area contributed by atoms with Crippen LogP contribution in [0.5, 0.6) is 0 Å². The first-order valence-corrected chi connectivity index (χ1v) is 9.31. The Morgan fingerprint density at radius 2 is 2.08 bits per heavy atom. The molecule has 1 amide bonds. The minimum absolute atomic E-state index is 0.107. The largest absolute Gasteiger partial charge is 0.377 e. The molecule has 0 spiro atoms. The summed E-state index contributed by atoms with van der Waals surface area (Å²) in [6.07, 6.45) is 4.27. The van der Waals surface area contributed by atoms with Crippen molar-refractivity contribution in [3.05, 3.63) is 11.6 Å². The monoisotopic (exact) mass is 351 g/mol. The summed E-state index contributed by atoms with van der Waals surface area (Å²) in [5, 5.41) is 6.41. The van der Waals surface area contributed by atoms with Gasteiger partial charge in [0.25, 0.3) is 0 Å². The fourth-order valence-corrected chi connectivity index (χ4v) is 3.15. The standard InChI is InChI=1S/C18H33N5O2/c1-15(2)21-17(24)14-22-8-10-23(11-9-22)18(19-3)20-7-4-16-5-12-25-13-6-16/h5,15H,4,6-14H2,1-3H3,(H,19,20)(H,21,24). The van der Waals surface area contributed by atoms with Gasteiger partial charge in [-0.2, -0.15) is 0 Å². The van der Waals surface area contributed by atoms with Crippen molar-refractivity contribution in [1.29, 1.82) is 0 Å². The van der Waals surface area contributed by atoms with E-state index in [1.165, 1.54) is 5.57 Å². The van der Waals surface area contributed by atoms with Gasteiger partial charge in [-0.3, -0.25) is 14.7 Å². The van der Waals surface area contributed by atoms with Crippen LogP contribution in [0.25, 0.3) is 0 Å². The summed E-state index contributed by atoms with van der Waals surface area (Å²) in [6, 6.07) is 0.197. The summed E-state index contributed by atoms with van der Waals surface area (Å²) >= 11 is 0. The second-order valence-corrected chi connectivity index (χ2v) is 6.90. The molecule has 0 bridgehead atoms. The molecule has 1 fully saturated rings. The van der Waals surface area contributed by atoms with Crippen molar-refractivity contribution < 1.29 is 9.53 Å². The quantitative estimate of drug-likeness (QED) is 0.413. The predicted octanol–water partition coefficient (Wildman–Crippen LogP) is 0.441. The Hall–Kier alpha value is -1.60. The van der Waals surface area contributed by atoms with Crippen LogP contribution >= 0.6 is 0 Å². The van der Waals surface area contributed by atoms with Crippen molar-refractivity contribution in [2.75, 3.05) is 59.5 Å². The Morgan fingerprint density at radius 1 is 1.32 bits per heavy atom. The number of hydrogen-bond acceptors (Lipinski definition) is 4. The van der Waals surface area contributed by atoms with Gasteiger partial charge in [-0.05, 0) is 26.7 Å². The number of guanidine groups is 1. The van der Waals surface area contributed by atoms with Crippen LogP contribution in [0.3, 0.4) is 0 Å². The van der Waals surface area contributed by atoms with Gasteiger partial charge in [0, 0.05) is 45.8 Å². The second kappa shape index (κ2) is 10.4. The van der Waals surface area contributed by atoms with Gasteiger partial charge in [0.05, 0.1) is 19.8 Å². The minimum Gasteiger partial charge on any atom is -0.377 e. The third-order valence-electron chi connectivity index (χ3n) is 4.49. The number of aliphatic imine (C=N–C) groups is 1. The maximum atomic E-state index is 11.9. The lowest BCUT2D eigenvalue weighted by Gasteiger charge is -2.36. The average Bonchev–Trinajstić information content (AvgIpc) is 2.60. The summed E-state index contributed by atoms with van der Waals surface area (Å²) < 4.78 is 5.34. The normalized spacial score (nSPS) is 19.8. The van der Waals surface area contributed by atoms with E-state index in [4.69, 9.17) is 4.74 Å². The van der Waals surface area contributed by atoms with Crippen molar-refractivity contribution in [2.45, 2.75) is 32.7 Å². The summed E-state index contributed by atoms with van der Waals surface area (Å²) in [4.78, 5) is 20.8. The van der Waals surface area contributed by atoms with E-state index in [0.717, 1.165) is 64.7 Å². The van der Waals surface area contributed by atoms with E-state index in [-0.39, 0.29) is 11.9 Å². The van der Waals surface area contributed by atoms with Gasteiger partial charge in [-0.25, -0.2) is 0 Å². The van der Waals surface area contributed by atoms with E-state index in [1.807, 2.05) is 20.9 Å². The third-order valence-corrected chi connectivity index (χ3v) is 4.49. The zero-order valence-corrected chi connectivity index (χ0v) is 15.9. The number of amides is 1. The molecule has 0 radical (unpaired) electrons. The van der Waals surface area contributed by atoms with E-state index < -0.39 is 0 Å². The molecule has 7 nitrogen and oxygen atoms in total. The highest BCUT2D eigenvalue weighted by Crippen LogP contribution is 2.11. The third kappa shape index (κ3) is 7.04. The smallest absolute Gasteiger partial charge is 0.234 e. The number of nitrogens with zero attached hydrogens (tertiary/aromatic N) is 3. The molecule has 0 aliphatic carbocycles. The molecule has 2 rings (SSSR count). The van der Waals surface area contributed by atoms with Crippen LogP contribution in [0.2, 0.25) is 0 Å². The maximum absolute atomic E-state index is 11.9. The van der Waals surface area contributed by atoms with Crippen LogP contribution in [-0.4, -0.2) is 87.2 Å². The fourth-order valence-electron chi connectivity index (χ4n) is 3.15. The van der Waals surface area contributed by atoms with Gasteiger partial charge >= 0.3 is 0 Å². The molecule has 0 unspecified atom stereocenters. The van der Waals surface area contributed by atoms with Gasteiger partial charge in [-0.15, -0.1) is 0 Å². The van der Waals surface area contributed by atoms with Crippen LogP contribution in [0, 0.1) is 0 Å². The lowest BCUT2D eigenvalue weighted by Crippen LogP contribution is -2.54. The van der Waals surface area contributed by atoms with Crippen molar-refractivity contribution in [2.24, 2.45) is 4.99 Å². The Balaban J connectivity index is 1.68. The van der Waals surface area contributed by atoms with Gasteiger partial charge in [0.2, 0.25) is 5.91 Å². The molecule has 2 aliphatic rings. The highest BCUT2D eigenvalue weighted by molar-refractivity contribution is 5.80. The van der Waals surface area contributed by atoms with Crippen molar-refractivity contribution in [3.8, 4) is 0 Å². The minimum atomic E-state index is 0.107. The molecule has 2 aliphatic heterocycles. The lowest BCUT2D eigenvalue weighted by molar-refractivity contribution is -0.123. The Bertz CT molecular complexity index is 482. The van der Waals surface area contributed by atoms with Crippen molar-refractivity contribution in [3.63, 3.8) is 0 Å². The highest BCUT2D eigenvalue weighted by Gasteiger charge is 2.21. The summed E-state index contributed by atoms with van der Waals surface area (Å²) in [7, 11) is 1.83. The van der Waals surface area contributed by atoms with Gasteiger partial charge < -0.3 is 20.3 Å². The molecule has 2 N–H and O–H groups in total. The van der Waals surface area contributed by atoms with Crippen molar-refractivity contribution in [1.82, 2.24) is 20.4 Å². The van der Waals surface area contributed by atoms with Gasteiger partial charge in [0.1, 0.15) is 0 Å². The second-order valence-electron chi connectivity index (χ2n) is 6.90. The van der Waals surface area contributed by atoms with E-state index in [1.54, 1.807) is 0 Å². The van der Waals surface area contributed by atoms with Crippen LogP contribution in [0.4, 0.5) is 0 Å². The van der Waals surface area contributed by atoms with E-state index >= 15 is 0 Å². The topological polar surface area (TPSA) is 69.2 Å². The molecule has 0 aromatic heterocycles. The molecular weight excluding hydrogens is 318 g/mol. The molecular formula is C18H33N5O2. The van der Waals surface area contributed by atoms with Gasteiger partial charge in [0.15, 0.2) is 5.96 Å². The molecule has 25 heavy (non-hydrogen) atoms. The Morgan fingerprint density at radius 3 is 2.68 bits per heavy atom. The average molecular weight is 351 g/mol. The van der Waals surface area contributed by atoms with E-state index in [0.29, 0.717) is 6.54 Å². The number of ether oxygens (including phenoxy) is 1. The molecule has 142 valence electrons. The van der Waals surface area contributed by atoms with Crippen LogP contribution in [0.15, 0.2) is 16.6 Å². The Labute approximate surface area is 151 Å².